The van der Waals surface area contributed by atoms with Crippen LogP contribution in [0.1, 0.15) is 34.6 Å². The number of carbonyl (C=O) groups excluding carboxylic acids is 1. The molecule has 1 aromatic carbocycles. The van der Waals surface area contributed by atoms with Crippen LogP contribution in [0.2, 0.25) is 0 Å². The van der Waals surface area contributed by atoms with Crippen molar-refractivity contribution in [1.82, 2.24) is 5.43 Å². The van der Waals surface area contributed by atoms with Crippen molar-refractivity contribution in [2.24, 2.45) is 5.10 Å². The Labute approximate surface area is 139 Å². The molecule has 3 aromatic rings. The van der Waals surface area contributed by atoms with E-state index in [1.165, 1.54) is 0 Å². The van der Waals surface area contributed by atoms with Gasteiger partial charge in [-0.15, -0.1) is 0 Å². The van der Waals surface area contributed by atoms with Crippen molar-refractivity contribution in [3.8, 4) is 5.75 Å². The lowest BCUT2D eigenvalue weighted by atomic mass is 10.2. The third-order valence-electron chi connectivity index (χ3n) is 3.70. The van der Waals surface area contributed by atoms with Gasteiger partial charge in [0.15, 0.2) is 17.1 Å². The van der Waals surface area contributed by atoms with E-state index in [4.69, 9.17) is 13.6 Å². The minimum atomic E-state index is -0.322. The smallest absolute Gasteiger partial charge is 0.274 e. The topological polar surface area (TPSA) is 77.0 Å². The number of hydrogen-bond acceptors (Lipinski definition) is 5. The zero-order valence-corrected chi connectivity index (χ0v) is 14.0. The van der Waals surface area contributed by atoms with Gasteiger partial charge in [-0.3, -0.25) is 4.79 Å². The van der Waals surface area contributed by atoms with E-state index in [1.807, 2.05) is 24.3 Å². The highest BCUT2D eigenvalue weighted by atomic mass is 16.5. The third kappa shape index (κ3) is 2.90. The summed E-state index contributed by atoms with van der Waals surface area (Å²) in [4.78, 5) is 12.2. The summed E-state index contributed by atoms with van der Waals surface area (Å²) in [6, 6.07) is 9.18. The summed E-state index contributed by atoms with van der Waals surface area (Å²) in [6.45, 7) is 5.29. The van der Waals surface area contributed by atoms with E-state index < -0.39 is 0 Å². The van der Waals surface area contributed by atoms with Crippen molar-refractivity contribution in [2.45, 2.75) is 20.8 Å². The molecule has 0 bridgehead atoms. The predicted octanol–water partition coefficient (Wildman–Crippen LogP) is 3.81. The van der Waals surface area contributed by atoms with Crippen LogP contribution in [0, 0.1) is 13.8 Å². The van der Waals surface area contributed by atoms with E-state index in [0.29, 0.717) is 39.9 Å². The molecule has 2 aromatic heterocycles. The number of rotatable bonds is 4. The second-order valence-electron chi connectivity index (χ2n) is 5.45. The number of hydrogen-bond donors (Lipinski definition) is 1. The van der Waals surface area contributed by atoms with E-state index in [0.717, 1.165) is 5.39 Å². The molecule has 1 amide bonds. The highest BCUT2D eigenvalue weighted by Crippen LogP contribution is 2.28. The standard InChI is InChI=1S/C18H18N2O4/c1-10-8-14(12(3)23-10)18(21)20-19-11(2)16-9-13-6-5-7-15(22-4)17(13)24-16/h5-9H,1-4H3,(H,20,21)/b19-11-. The quantitative estimate of drug-likeness (QED) is 0.584. The van der Waals surface area contributed by atoms with E-state index in [2.05, 4.69) is 10.5 Å². The first kappa shape index (κ1) is 15.9. The van der Waals surface area contributed by atoms with Gasteiger partial charge in [-0.05, 0) is 39.0 Å². The zero-order chi connectivity index (χ0) is 17.3. The van der Waals surface area contributed by atoms with Gasteiger partial charge in [0.25, 0.3) is 5.91 Å². The number of nitrogens with zero attached hydrogens (tertiary/aromatic N) is 1. The molecule has 0 fully saturated rings. The fraction of sp³-hybridized carbons (Fsp3) is 0.222. The van der Waals surface area contributed by atoms with Crippen LogP contribution in [0.4, 0.5) is 0 Å². The lowest BCUT2D eigenvalue weighted by molar-refractivity contribution is 0.0953. The second-order valence-corrected chi connectivity index (χ2v) is 5.45. The normalized spacial score (nSPS) is 11.8. The lowest BCUT2D eigenvalue weighted by Crippen LogP contribution is -2.19. The van der Waals surface area contributed by atoms with Crippen molar-refractivity contribution in [3.63, 3.8) is 0 Å². The maximum absolute atomic E-state index is 12.2. The zero-order valence-electron chi connectivity index (χ0n) is 14.0. The molecule has 6 heteroatoms. The summed E-state index contributed by atoms with van der Waals surface area (Å²) in [6.07, 6.45) is 0. The Morgan fingerprint density at radius 2 is 2.00 bits per heavy atom. The van der Waals surface area contributed by atoms with Crippen LogP contribution in [0.15, 0.2) is 44.3 Å². The molecule has 124 valence electrons. The Kier molecular flexibility index (Phi) is 4.12. The van der Waals surface area contributed by atoms with Gasteiger partial charge in [0.1, 0.15) is 17.2 Å². The van der Waals surface area contributed by atoms with Crippen LogP contribution < -0.4 is 10.2 Å². The molecule has 0 aliphatic heterocycles. The molecule has 3 rings (SSSR count). The number of carbonyl (C=O) groups is 1. The highest BCUT2D eigenvalue weighted by Gasteiger charge is 2.14. The van der Waals surface area contributed by atoms with Gasteiger partial charge in [-0.25, -0.2) is 5.43 Å². The summed E-state index contributed by atoms with van der Waals surface area (Å²) in [5, 5.41) is 5.02. The van der Waals surface area contributed by atoms with Crippen LogP contribution in [-0.4, -0.2) is 18.7 Å². The van der Waals surface area contributed by atoms with Gasteiger partial charge in [-0.2, -0.15) is 5.10 Å². The number of para-hydroxylation sites is 1. The molecule has 6 nitrogen and oxygen atoms in total. The molecule has 0 radical (unpaired) electrons. The molecule has 2 heterocycles. The Bertz CT molecular complexity index is 934. The number of furan rings is 2. The summed E-state index contributed by atoms with van der Waals surface area (Å²) < 4.78 is 16.4. The van der Waals surface area contributed by atoms with Gasteiger partial charge in [-0.1, -0.05) is 12.1 Å². The minimum absolute atomic E-state index is 0.322. The van der Waals surface area contributed by atoms with E-state index in [-0.39, 0.29) is 5.91 Å². The molecule has 0 aliphatic carbocycles. The molecule has 24 heavy (non-hydrogen) atoms. The fourth-order valence-electron chi connectivity index (χ4n) is 2.48. The van der Waals surface area contributed by atoms with E-state index >= 15 is 0 Å². The largest absolute Gasteiger partial charge is 0.493 e. The molecule has 0 saturated carbocycles. The average Bonchev–Trinajstić information content (AvgIpc) is 3.14. The fourth-order valence-corrected chi connectivity index (χ4v) is 2.48. The van der Waals surface area contributed by atoms with Gasteiger partial charge in [0.2, 0.25) is 0 Å². The number of aryl methyl sites for hydroxylation is 2. The van der Waals surface area contributed by atoms with Crippen LogP contribution in [-0.2, 0) is 0 Å². The summed E-state index contributed by atoms with van der Waals surface area (Å²) >= 11 is 0. The summed E-state index contributed by atoms with van der Waals surface area (Å²) in [5.74, 6) is 2.14. The van der Waals surface area contributed by atoms with Crippen molar-refractivity contribution in [2.75, 3.05) is 7.11 Å². The molecule has 0 saturated heterocycles. The van der Waals surface area contributed by atoms with Crippen molar-refractivity contribution < 1.29 is 18.4 Å². The Morgan fingerprint density at radius 3 is 2.67 bits per heavy atom. The van der Waals surface area contributed by atoms with Crippen LogP contribution in [0.5, 0.6) is 5.75 Å². The number of ether oxygens (including phenoxy) is 1. The van der Waals surface area contributed by atoms with E-state index in [1.54, 1.807) is 33.9 Å². The number of amides is 1. The lowest BCUT2D eigenvalue weighted by Gasteiger charge is -2.00. The molecule has 1 N–H and O–H groups in total. The maximum Gasteiger partial charge on any atom is 0.274 e. The van der Waals surface area contributed by atoms with Crippen LogP contribution in [0.25, 0.3) is 11.0 Å². The number of fused-ring (bicyclic) bond motifs is 1. The second kappa shape index (κ2) is 6.23. The highest BCUT2D eigenvalue weighted by molar-refractivity contribution is 6.02. The van der Waals surface area contributed by atoms with Crippen molar-refractivity contribution >= 4 is 22.6 Å². The minimum Gasteiger partial charge on any atom is -0.493 e. The van der Waals surface area contributed by atoms with Gasteiger partial charge in [0, 0.05) is 5.39 Å². The summed E-state index contributed by atoms with van der Waals surface area (Å²) in [7, 11) is 1.59. The molecule has 0 aliphatic rings. The van der Waals surface area contributed by atoms with Crippen molar-refractivity contribution in [1.29, 1.82) is 0 Å². The first-order chi connectivity index (χ1) is 11.5. The molecule has 0 atom stereocenters. The first-order valence-corrected chi connectivity index (χ1v) is 7.48. The first-order valence-electron chi connectivity index (χ1n) is 7.48. The molecular formula is C18H18N2O4. The van der Waals surface area contributed by atoms with Gasteiger partial charge < -0.3 is 13.6 Å². The Balaban J connectivity index is 1.83. The monoisotopic (exact) mass is 326 g/mol. The van der Waals surface area contributed by atoms with E-state index in [9.17, 15) is 4.79 Å². The van der Waals surface area contributed by atoms with Crippen LogP contribution >= 0.6 is 0 Å². The maximum atomic E-state index is 12.2. The van der Waals surface area contributed by atoms with Gasteiger partial charge >= 0.3 is 0 Å². The number of hydrazone groups is 1. The Hall–Kier alpha value is -3.02. The SMILES string of the molecule is COc1cccc2cc(/C(C)=N\NC(=O)c3cc(C)oc3C)oc12. The summed E-state index contributed by atoms with van der Waals surface area (Å²) in [5.41, 5.74) is 4.20. The third-order valence-corrected chi connectivity index (χ3v) is 3.70. The number of methoxy groups -OCH3 is 1. The Morgan fingerprint density at radius 1 is 1.21 bits per heavy atom. The molecular weight excluding hydrogens is 308 g/mol. The number of benzene rings is 1. The van der Waals surface area contributed by atoms with Gasteiger partial charge in [0.05, 0.1) is 12.7 Å². The van der Waals surface area contributed by atoms with Crippen molar-refractivity contribution in [3.05, 3.63) is 53.2 Å². The average molecular weight is 326 g/mol. The molecule has 0 unspecified atom stereocenters. The number of nitrogens with one attached hydrogen (secondary N) is 1. The van der Waals surface area contributed by atoms with Crippen LogP contribution in [0.3, 0.4) is 0 Å². The predicted molar refractivity (Wildman–Crippen MR) is 90.6 cm³/mol. The molecule has 0 spiro atoms.